The van der Waals surface area contributed by atoms with E-state index in [9.17, 15) is 14.7 Å². The number of carboxylic acids is 1. The molecule has 1 amide bonds. The van der Waals surface area contributed by atoms with Crippen LogP contribution in [0.4, 0.5) is 5.69 Å². The Labute approximate surface area is 260 Å². The molecule has 0 radical (unpaired) electrons. The summed E-state index contributed by atoms with van der Waals surface area (Å²) in [5.41, 5.74) is 5.68. The molecule has 2 fully saturated rings. The highest BCUT2D eigenvalue weighted by Crippen LogP contribution is 2.51. The van der Waals surface area contributed by atoms with E-state index in [2.05, 4.69) is 10.2 Å². The highest BCUT2D eigenvalue weighted by molar-refractivity contribution is 5.98. The SMILES string of the molecule is COc1cc(-c2c(C)nc(C)c([C@H](OC(C)(C)C)C(=O)O)c2N2CCC3(CCC3)CC2)ccc1C(=O)NCc1ccccc1. The van der Waals surface area contributed by atoms with E-state index in [0.717, 1.165) is 54.0 Å². The summed E-state index contributed by atoms with van der Waals surface area (Å²) in [6, 6.07) is 15.3. The lowest BCUT2D eigenvalue weighted by Crippen LogP contribution is -2.44. The Bertz CT molecular complexity index is 1510. The lowest BCUT2D eigenvalue weighted by molar-refractivity contribution is -0.160. The minimum atomic E-state index is -1.19. The number of aromatic nitrogens is 1. The first-order valence-electron chi connectivity index (χ1n) is 15.6. The minimum Gasteiger partial charge on any atom is -0.496 e. The van der Waals surface area contributed by atoms with Crippen LogP contribution in [0.1, 0.15) is 91.9 Å². The second kappa shape index (κ2) is 12.6. The predicted octanol–water partition coefficient (Wildman–Crippen LogP) is 7.02. The number of carbonyl (C=O) groups excluding carboxylic acids is 1. The number of ether oxygens (including phenoxy) is 2. The topological polar surface area (TPSA) is 101 Å². The Morgan fingerprint density at radius 3 is 2.27 bits per heavy atom. The molecule has 2 aliphatic rings. The third-order valence-corrected chi connectivity index (χ3v) is 9.12. The first kappa shape index (κ1) is 31.5. The Balaban J connectivity index is 1.59. The van der Waals surface area contributed by atoms with Crippen LogP contribution in [0.15, 0.2) is 48.5 Å². The summed E-state index contributed by atoms with van der Waals surface area (Å²) in [6.07, 6.45) is 4.79. The number of nitrogens with zero attached hydrogens (tertiary/aromatic N) is 2. The molecule has 0 bridgehead atoms. The van der Waals surface area contributed by atoms with Crippen molar-refractivity contribution in [1.29, 1.82) is 0 Å². The van der Waals surface area contributed by atoms with Crippen molar-refractivity contribution in [2.45, 2.75) is 85.0 Å². The number of carboxylic acid groups (broad SMARTS) is 1. The predicted molar refractivity (Wildman–Crippen MR) is 172 cm³/mol. The summed E-state index contributed by atoms with van der Waals surface area (Å²) < 4.78 is 12.0. The molecule has 8 heteroatoms. The van der Waals surface area contributed by atoms with Gasteiger partial charge in [0.25, 0.3) is 5.91 Å². The molecule has 1 spiro atoms. The number of amides is 1. The normalized spacial score (nSPS) is 16.7. The molecule has 2 N–H and O–H groups in total. The molecule has 5 rings (SSSR count). The molecular weight excluding hydrogens is 554 g/mol. The largest absolute Gasteiger partial charge is 0.496 e. The number of hydrogen-bond donors (Lipinski definition) is 2. The molecule has 1 saturated carbocycles. The van der Waals surface area contributed by atoms with Gasteiger partial charge in [0.1, 0.15) is 5.75 Å². The second-order valence-corrected chi connectivity index (χ2v) is 13.3. The number of benzene rings is 2. The van der Waals surface area contributed by atoms with Crippen molar-refractivity contribution in [3.63, 3.8) is 0 Å². The van der Waals surface area contributed by atoms with Crippen molar-refractivity contribution in [1.82, 2.24) is 10.3 Å². The maximum atomic E-state index is 13.2. The Hall–Kier alpha value is -3.91. The summed E-state index contributed by atoms with van der Waals surface area (Å²) in [5, 5.41) is 13.5. The average molecular weight is 600 g/mol. The number of aliphatic carboxylic acids is 1. The number of aryl methyl sites for hydroxylation is 2. The van der Waals surface area contributed by atoms with Crippen molar-refractivity contribution in [2.24, 2.45) is 5.41 Å². The van der Waals surface area contributed by atoms with Gasteiger partial charge in [0.2, 0.25) is 0 Å². The molecule has 3 aromatic rings. The van der Waals surface area contributed by atoms with E-state index in [-0.39, 0.29) is 5.91 Å². The van der Waals surface area contributed by atoms with Gasteiger partial charge in [0.05, 0.1) is 24.0 Å². The van der Waals surface area contributed by atoms with Gasteiger partial charge in [-0.1, -0.05) is 42.8 Å². The first-order chi connectivity index (χ1) is 20.9. The third kappa shape index (κ3) is 6.60. The summed E-state index contributed by atoms with van der Waals surface area (Å²) in [6.45, 7) is 11.5. The van der Waals surface area contributed by atoms with E-state index < -0.39 is 17.7 Å². The van der Waals surface area contributed by atoms with Crippen LogP contribution in [-0.2, 0) is 16.1 Å². The monoisotopic (exact) mass is 599 g/mol. The van der Waals surface area contributed by atoms with Crippen LogP contribution < -0.4 is 15.0 Å². The number of anilines is 1. The Morgan fingerprint density at radius 1 is 1.02 bits per heavy atom. The number of piperidine rings is 1. The molecule has 8 nitrogen and oxygen atoms in total. The first-order valence-corrected chi connectivity index (χ1v) is 15.6. The van der Waals surface area contributed by atoms with Crippen molar-refractivity contribution >= 4 is 17.6 Å². The van der Waals surface area contributed by atoms with E-state index in [1.807, 2.05) is 77.1 Å². The van der Waals surface area contributed by atoms with E-state index in [1.54, 1.807) is 13.2 Å². The van der Waals surface area contributed by atoms with Gasteiger partial charge in [-0.25, -0.2) is 4.79 Å². The Kier molecular flexibility index (Phi) is 9.02. The number of methoxy groups -OCH3 is 1. The molecular formula is C36H45N3O5. The van der Waals surface area contributed by atoms with E-state index in [0.29, 0.717) is 34.5 Å². The maximum Gasteiger partial charge on any atom is 0.337 e. The number of pyridine rings is 1. The molecule has 2 aromatic carbocycles. The van der Waals surface area contributed by atoms with Gasteiger partial charge < -0.3 is 24.8 Å². The standard InChI is InChI=1S/C36H45N3O5/c1-23-29(26-13-14-27(28(21-26)43-6)33(40)37-22-25-11-8-7-9-12-25)31(39-19-17-36(18-20-39)15-10-16-36)30(24(2)38-23)32(34(41)42)44-35(3,4)5/h7-9,11-14,21,32H,10,15-20,22H2,1-6H3,(H,37,40)(H,41,42)/t32-/m0/s1. The van der Waals surface area contributed by atoms with Crippen molar-refractivity contribution in [3.8, 4) is 16.9 Å². The molecule has 1 aromatic heterocycles. The lowest BCUT2D eigenvalue weighted by Gasteiger charge is -2.49. The fourth-order valence-corrected chi connectivity index (χ4v) is 6.71. The van der Waals surface area contributed by atoms with Gasteiger partial charge in [-0.3, -0.25) is 9.78 Å². The van der Waals surface area contributed by atoms with E-state index >= 15 is 0 Å². The van der Waals surface area contributed by atoms with Crippen LogP contribution in [0.25, 0.3) is 11.1 Å². The number of carbonyl (C=O) groups is 2. The Morgan fingerprint density at radius 2 is 1.70 bits per heavy atom. The smallest absolute Gasteiger partial charge is 0.337 e. The molecule has 44 heavy (non-hydrogen) atoms. The highest BCUT2D eigenvalue weighted by Gasteiger charge is 2.42. The lowest BCUT2D eigenvalue weighted by atomic mass is 9.63. The molecule has 1 aliphatic heterocycles. The molecule has 1 atom stereocenters. The summed E-state index contributed by atoms with van der Waals surface area (Å²) in [7, 11) is 1.56. The summed E-state index contributed by atoms with van der Waals surface area (Å²) in [5.74, 6) is -0.840. The highest BCUT2D eigenvalue weighted by atomic mass is 16.5. The van der Waals surface area contributed by atoms with Gasteiger partial charge in [-0.05, 0) is 89.0 Å². The van der Waals surface area contributed by atoms with Gasteiger partial charge in [-0.15, -0.1) is 0 Å². The average Bonchev–Trinajstić information content (AvgIpc) is 2.97. The maximum absolute atomic E-state index is 13.2. The van der Waals surface area contributed by atoms with Crippen molar-refractivity contribution < 1.29 is 24.2 Å². The molecule has 2 heterocycles. The van der Waals surface area contributed by atoms with Gasteiger partial charge in [0, 0.05) is 42.1 Å². The zero-order valence-corrected chi connectivity index (χ0v) is 26.8. The van der Waals surface area contributed by atoms with Crippen LogP contribution in [-0.4, -0.2) is 47.8 Å². The zero-order valence-electron chi connectivity index (χ0n) is 26.8. The fourth-order valence-electron chi connectivity index (χ4n) is 6.71. The number of nitrogens with one attached hydrogen (secondary N) is 1. The van der Waals surface area contributed by atoms with Crippen LogP contribution in [0, 0.1) is 19.3 Å². The van der Waals surface area contributed by atoms with Crippen LogP contribution in [0.2, 0.25) is 0 Å². The quantitative estimate of drug-likeness (QED) is 0.273. The van der Waals surface area contributed by atoms with Gasteiger partial charge >= 0.3 is 5.97 Å². The molecule has 0 unspecified atom stereocenters. The van der Waals surface area contributed by atoms with Gasteiger partial charge in [-0.2, -0.15) is 0 Å². The van der Waals surface area contributed by atoms with Crippen molar-refractivity contribution in [3.05, 3.63) is 76.6 Å². The molecule has 234 valence electrons. The van der Waals surface area contributed by atoms with Crippen LogP contribution in [0.5, 0.6) is 5.75 Å². The van der Waals surface area contributed by atoms with Gasteiger partial charge in [0.15, 0.2) is 6.10 Å². The zero-order chi connectivity index (χ0) is 31.6. The third-order valence-electron chi connectivity index (χ3n) is 9.12. The van der Waals surface area contributed by atoms with Crippen molar-refractivity contribution in [2.75, 3.05) is 25.1 Å². The summed E-state index contributed by atoms with van der Waals surface area (Å²) >= 11 is 0. The molecule has 1 aliphatic carbocycles. The number of rotatable bonds is 9. The van der Waals surface area contributed by atoms with E-state index in [4.69, 9.17) is 14.5 Å². The van der Waals surface area contributed by atoms with Crippen LogP contribution in [0.3, 0.4) is 0 Å². The van der Waals surface area contributed by atoms with Crippen LogP contribution >= 0.6 is 0 Å². The second-order valence-electron chi connectivity index (χ2n) is 13.3. The molecule has 1 saturated heterocycles. The summed E-state index contributed by atoms with van der Waals surface area (Å²) in [4.78, 5) is 33.2. The minimum absolute atomic E-state index is 0.233. The fraction of sp³-hybridized carbons (Fsp3) is 0.472. The number of hydrogen-bond acceptors (Lipinski definition) is 6. The van der Waals surface area contributed by atoms with E-state index in [1.165, 1.54) is 19.3 Å².